The Morgan fingerprint density at radius 3 is 2.44 bits per heavy atom. The van der Waals surface area contributed by atoms with Crippen LogP contribution in [0.3, 0.4) is 0 Å². The smallest absolute Gasteiger partial charge is 0.309 e. The lowest BCUT2D eigenvalue weighted by Crippen LogP contribution is -2.46. The predicted molar refractivity (Wildman–Crippen MR) is 119 cm³/mol. The van der Waals surface area contributed by atoms with Crippen LogP contribution in [0.15, 0.2) is 53.4 Å². The van der Waals surface area contributed by atoms with Gasteiger partial charge in [0.15, 0.2) is 0 Å². The van der Waals surface area contributed by atoms with Crippen molar-refractivity contribution in [1.82, 2.24) is 14.9 Å². The second kappa shape index (κ2) is 10.7. The molecule has 0 radical (unpaired) electrons. The second-order valence-corrected chi connectivity index (χ2v) is 9.76. The lowest BCUT2D eigenvalue weighted by molar-refractivity contribution is -0.139. The van der Waals surface area contributed by atoms with E-state index in [9.17, 15) is 22.4 Å². The maximum Gasteiger partial charge on any atom is 0.309 e. The van der Waals surface area contributed by atoms with Gasteiger partial charge in [0.2, 0.25) is 10.0 Å². The Morgan fingerprint density at radius 1 is 1.03 bits per heavy atom. The third kappa shape index (κ3) is 5.92. The van der Waals surface area contributed by atoms with Gasteiger partial charge in [-0.15, -0.1) is 0 Å². The molecule has 0 unspecified atom stereocenters. The number of nitrogens with zero attached hydrogens (tertiary/aromatic N) is 1. The van der Waals surface area contributed by atoms with E-state index >= 15 is 0 Å². The molecule has 0 aromatic heterocycles. The molecule has 32 heavy (non-hydrogen) atoms. The third-order valence-electron chi connectivity index (χ3n) is 5.66. The topological polar surface area (TPSA) is 95.6 Å². The number of hydrogen-bond donors (Lipinski definition) is 2. The number of carbonyl (C=O) groups excluding carboxylic acids is 2. The van der Waals surface area contributed by atoms with E-state index in [1.165, 1.54) is 16.4 Å². The Hall–Kier alpha value is -2.78. The lowest BCUT2D eigenvalue weighted by atomic mass is 10.0. The molecule has 0 aliphatic carbocycles. The van der Waals surface area contributed by atoms with Crippen LogP contribution in [0.4, 0.5) is 4.39 Å². The molecule has 2 aromatic carbocycles. The van der Waals surface area contributed by atoms with Gasteiger partial charge in [0, 0.05) is 25.7 Å². The van der Waals surface area contributed by atoms with Gasteiger partial charge in [-0.2, -0.15) is 4.31 Å². The van der Waals surface area contributed by atoms with E-state index in [0.29, 0.717) is 19.4 Å². The highest BCUT2D eigenvalue weighted by Gasteiger charge is 2.33. The van der Waals surface area contributed by atoms with Gasteiger partial charge in [0.05, 0.1) is 4.90 Å². The summed E-state index contributed by atoms with van der Waals surface area (Å²) >= 11 is 0. The van der Waals surface area contributed by atoms with Gasteiger partial charge in [-0.1, -0.05) is 30.7 Å². The molecule has 1 fully saturated rings. The van der Waals surface area contributed by atoms with Crippen LogP contribution in [0.1, 0.15) is 36.8 Å². The number of hydrogen-bond acceptors (Lipinski definition) is 4. The minimum absolute atomic E-state index is 0.0467. The van der Waals surface area contributed by atoms with Gasteiger partial charge in [-0.05, 0) is 61.6 Å². The number of halogens is 1. The lowest BCUT2D eigenvalue weighted by Gasteiger charge is -2.34. The Balaban J connectivity index is 1.53. The third-order valence-corrected chi connectivity index (χ3v) is 7.63. The summed E-state index contributed by atoms with van der Waals surface area (Å²) in [5, 5.41) is 5.18. The molecule has 2 amide bonds. The van der Waals surface area contributed by atoms with E-state index in [4.69, 9.17) is 0 Å². The molecule has 1 saturated heterocycles. The van der Waals surface area contributed by atoms with Crippen molar-refractivity contribution in [1.29, 1.82) is 0 Å². The number of amides is 2. The van der Waals surface area contributed by atoms with Crippen LogP contribution in [-0.4, -0.2) is 43.7 Å². The first kappa shape index (κ1) is 23.9. The Morgan fingerprint density at radius 2 is 1.72 bits per heavy atom. The van der Waals surface area contributed by atoms with Gasteiger partial charge in [0.25, 0.3) is 0 Å². The first-order valence-electron chi connectivity index (χ1n) is 10.7. The molecule has 1 aliphatic rings. The highest BCUT2D eigenvalue weighted by Crippen LogP contribution is 2.27. The normalized spacial score (nSPS) is 17.0. The van der Waals surface area contributed by atoms with Crippen molar-refractivity contribution in [2.45, 2.75) is 50.1 Å². The summed E-state index contributed by atoms with van der Waals surface area (Å²) < 4.78 is 40.6. The SMILES string of the molecule is Cc1ccccc1CNC(=O)C(=O)NCC[C@@H]1CCCCN1S(=O)(=O)c1ccc(F)cc1. The van der Waals surface area contributed by atoms with Crippen molar-refractivity contribution in [3.63, 3.8) is 0 Å². The summed E-state index contributed by atoms with van der Waals surface area (Å²) in [6.45, 7) is 2.73. The molecule has 7 nitrogen and oxygen atoms in total. The van der Waals surface area contributed by atoms with Crippen molar-refractivity contribution in [2.75, 3.05) is 13.1 Å². The zero-order chi connectivity index (χ0) is 23.1. The van der Waals surface area contributed by atoms with Crippen molar-refractivity contribution in [3.8, 4) is 0 Å². The monoisotopic (exact) mass is 461 g/mol. The maximum atomic E-state index is 13.2. The molecule has 1 aliphatic heterocycles. The van der Waals surface area contributed by atoms with Crippen LogP contribution < -0.4 is 10.6 Å². The van der Waals surface area contributed by atoms with E-state index in [0.717, 1.165) is 36.1 Å². The molecule has 1 atom stereocenters. The number of carbonyl (C=O) groups is 2. The molecule has 0 spiro atoms. The summed E-state index contributed by atoms with van der Waals surface area (Å²) in [7, 11) is -3.76. The Kier molecular flexibility index (Phi) is 7.98. The van der Waals surface area contributed by atoms with Crippen LogP contribution in [0.5, 0.6) is 0 Å². The fourth-order valence-corrected chi connectivity index (χ4v) is 5.54. The van der Waals surface area contributed by atoms with Crippen LogP contribution in [0.2, 0.25) is 0 Å². The molecule has 2 N–H and O–H groups in total. The molecule has 2 aromatic rings. The summed E-state index contributed by atoms with van der Waals surface area (Å²) in [5.74, 6) is -1.97. The van der Waals surface area contributed by atoms with E-state index in [-0.39, 0.29) is 24.0 Å². The fourth-order valence-electron chi connectivity index (χ4n) is 3.82. The van der Waals surface area contributed by atoms with Gasteiger partial charge in [-0.3, -0.25) is 9.59 Å². The fraction of sp³-hybridized carbons (Fsp3) is 0.391. The van der Waals surface area contributed by atoms with Gasteiger partial charge < -0.3 is 10.6 Å². The number of nitrogens with one attached hydrogen (secondary N) is 2. The van der Waals surface area contributed by atoms with E-state index in [1.54, 1.807) is 0 Å². The average Bonchev–Trinajstić information content (AvgIpc) is 2.79. The number of benzene rings is 2. The van der Waals surface area contributed by atoms with Gasteiger partial charge in [-0.25, -0.2) is 12.8 Å². The molecule has 172 valence electrons. The van der Waals surface area contributed by atoms with Crippen molar-refractivity contribution in [2.24, 2.45) is 0 Å². The average molecular weight is 462 g/mol. The molecule has 0 saturated carbocycles. The molecule has 1 heterocycles. The van der Waals surface area contributed by atoms with Crippen LogP contribution in [0.25, 0.3) is 0 Å². The quantitative estimate of drug-likeness (QED) is 0.620. The number of sulfonamides is 1. The Labute approximate surface area is 188 Å². The van der Waals surface area contributed by atoms with Crippen molar-refractivity contribution in [3.05, 3.63) is 65.5 Å². The maximum absolute atomic E-state index is 13.2. The molecular formula is C23H28FN3O4S. The summed E-state index contributed by atoms with van der Waals surface area (Å²) in [5.41, 5.74) is 1.95. The minimum atomic E-state index is -3.76. The van der Waals surface area contributed by atoms with E-state index < -0.39 is 27.7 Å². The minimum Gasteiger partial charge on any atom is -0.348 e. The number of aryl methyl sites for hydroxylation is 1. The number of piperidine rings is 1. The zero-order valence-electron chi connectivity index (χ0n) is 18.0. The summed E-state index contributed by atoms with van der Waals surface area (Å²) in [6.07, 6.45) is 2.67. The Bertz CT molecular complexity index is 1060. The van der Waals surface area contributed by atoms with Crippen molar-refractivity contribution >= 4 is 21.8 Å². The van der Waals surface area contributed by atoms with Gasteiger partial charge in [0.1, 0.15) is 5.82 Å². The summed E-state index contributed by atoms with van der Waals surface area (Å²) in [6, 6.07) is 12.1. The van der Waals surface area contributed by atoms with Crippen LogP contribution in [0, 0.1) is 12.7 Å². The molecule has 9 heteroatoms. The molecular weight excluding hydrogens is 433 g/mol. The first-order chi connectivity index (χ1) is 15.3. The largest absolute Gasteiger partial charge is 0.348 e. The standard InChI is InChI=1S/C23H28FN3O4S/c1-17-6-2-3-7-18(17)16-26-23(29)22(28)25-14-13-20-8-4-5-15-27(20)32(30,31)21-11-9-19(24)10-12-21/h2-3,6-7,9-12,20H,4-5,8,13-16H2,1H3,(H,25,28)(H,26,29)/t20-/m0/s1. The predicted octanol–water partition coefficient (Wildman–Crippen LogP) is 2.50. The second-order valence-electron chi connectivity index (χ2n) is 7.87. The molecule has 0 bridgehead atoms. The van der Waals surface area contributed by atoms with E-state index in [1.807, 2.05) is 31.2 Å². The number of rotatable bonds is 7. The van der Waals surface area contributed by atoms with Gasteiger partial charge >= 0.3 is 11.8 Å². The van der Waals surface area contributed by atoms with E-state index in [2.05, 4.69) is 10.6 Å². The van der Waals surface area contributed by atoms with Crippen LogP contribution in [-0.2, 0) is 26.2 Å². The highest BCUT2D eigenvalue weighted by atomic mass is 32.2. The molecule has 3 rings (SSSR count). The first-order valence-corrected chi connectivity index (χ1v) is 12.1. The zero-order valence-corrected chi connectivity index (χ0v) is 18.8. The van der Waals surface area contributed by atoms with Crippen molar-refractivity contribution < 1.29 is 22.4 Å². The summed E-state index contributed by atoms with van der Waals surface area (Å²) in [4.78, 5) is 24.3. The highest BCUT2D eigenvalue weighted by molar-refractivity contribution is 7.89. The van der Waals surface area contributed by atoms with Crippen LogP contribution >= 0.6 is 0 Å².